The van der Waals surface area contributed by atoms with E-state index in [1.165, 1.54) is 0 Å². The Morgan fingerprint density at radius 2 is 0.778 bits per heavy atom. The van der Waals surface area contributed by atoms with Gasteiger partial charge in [0.25, 0.3) is 0 Å². The van der Waals surface area contributed by atoms with E-state index in [4.69, 9.17) is 52.6 Å². The zero-order valence-corrected chi connectivity index (χ0v) is 61.9. The highest BCUT2D eigenvalue weighted by molar-refractivity contribution is 8.00. The highest BCUT2D eigenvalue weighted by atomic mass is 32.2. The SMILES string of the molecule is C#CCOCC(C)(COCC#C)NC(=O)CCSCCC.CCCSCCC(=O)NC(C)(COCc1cn(CCCSCCC(=O)NC(CO)(CO)CO)nn1)COCc1cn(CCCSCCC(=O)NC(CO)(CO)CO)nn1.[N-]=[N+]=NCCCSCCC(=O)NC(CO)(CO)CO. The molecule has 0 aliphatic carbocycles. The predicted octanol–water partition coefficient (Wildman–Crippen LogP) is 0.0380. The third-order valence-corrected chi connectivity index (χ3v) is 19.2. The Hall–Kier alpha value is -4.71. The van der Waals surface area contributed by atoms with Gasteiger partial charge in [0.15, 0.2) is 0 Å². The van der Waals surface area contributed by atoms with Crippen molar-refractivity contribution >= 4 is 88.3 Å². The standard InChI is InChI=1S/C36H65N9O11S3.C16H25NO3S.C10H20N4O4S/c1-3-11-57-14-6-31(52)37-34(2,27-55-19-29-17-44(42-40-29)9-4-12-58-15-7-32(53)38-35(21-46,22-47)23-48)28-56-20-30-18-45(43-41-30)10-5-13-59-16-8-33(54)39-36(24-49,25-50)26-51;1-5-9-19-13-16(4,14-20-10-6-2)17-15(18)8-12-21-11-7-3;11-14-12-3-1-4-19-5-2-9(18)13-10(6-15,7-16)8-17/h17-18,46-51H,3-16,19-28H2,1-2H3,(H,37,52)(H,38,53)(H,39,54);1-2H,7-14H2,3-4H3,(H,17,18);15-17H,1-8H2,(H,13,18). The third kappa shape index (κ3) is 45.8. The van der Waals surface area contributed by atoms with Gasteiger partial charge in [0.2, 0.25) is 29.5 Å². The average Bonchev–Trinajstić information content (AvgIpc) is 1.33. The zero-order valence-electron chi connectivity index (χ0n) is 57.9. The smallest absolute Gasteiger partial charge is 0.221 e. The largest absolute Gasteiger partial charge is 0.394 e. The van der Waals surface area contributed by atoms with Crippen LogP contribution >= 0.6 is 58.8 Å². The summed E-state index contributed by atoms with van der Waals surface area (Å²) in [4.78, 5) is 63.3. The molecule has 0 unspecified atom stereocenters. The average molecular weight is 1500 g/mol. The minimum absolute atomic E-state index is 0.0188. The topological polar surface area (TPSA) is 475 Å². The summed E-state index contributed by atoms with van der Waals surface area (Å²) >= 11 is 8.22. The van der Waals surface area contributed by atoms with E-state index in [1.807, 2.05) is 13.8 Å². The highest BCUT2D eigenvalue weighted by Gasteiger charge is 2.33. The molecule has 0 spiro atoms. The van der Waals surface area contributed by atoms with Crippen LogP contribution in [0.2, 0.25) is 0 Å². The molecular weight excluding hydrogens is 1390 g/mol. The lowest BCUT2D eigenvalue weighted by atomic mass is 10.0. The van der Waals surface area contributed by atoms with Crippen LogP contribution in [0.5, 0.6) is 0 Å². The van der Waals surface area contributed by atoms with E-state index in [0.717, 1.165) is 66.6 Å². The fraction of sp³-hybridized carbons (Fsp3) is 0.790. The van der Waals surface area contributed by atoms with Gasteiger partial charge in [0.05, 0.1) is 123 Å². The van der Waals surface area contributed by atoms with Crippen molar-refractivity contribution in [1.82, 2.24) is 56.6 Å². The summed E-state index contributed by atoms with van der Waals surface area (Å²) in [7, 11) is 0. The number of aryl methyl sites for hydroxylation is 2. The van der Waals surface area contributed by atoms with Gasteiger partial charge in [-0.05, 0) is 80.2 Å². The Labute approximate surface area is 603 Å². The minimum atomic E-state index is -1.42. The summed E-state index contributed by atoms with van der Waals surface area (Å²) in [5.41, 5.74) is 3.65. The summed E-state index contributed by atoms with van der Waals surface area (Å²) in [6, 6.07) is 0. The number of aromatic nitrogens is 6. The first-order chi connectivity index (χ1) is 47.6. The van der Waals surface area contributed by atoms with Crippen molar-refractivity contribution in [3.63, 3.8) is 0 Å². The van der Waals surface area contributed by atoms with E-state index in [2.05, 4.69) is 82.9 Å². The highest BCUT2D eigenvalue weighted by Crippen LogP contribution is 2.16. The Balaban J connectivity index is 0.00000194. The lowest BCUT2D eigenvalue weighted by molar-refractivity contribution is -0.125. The van der Waals surface area contributed by atoms with Crippen molar-refractivity contribution in [3.05, 3.63) is 34.2 Å². The molecule has 2 rings (SSSR count). The molecule has 2 aromatic heterocycles. The van der Waals surface area contributed by atoms with E-state index >= 15 is 0 Å². The molecule has 2 aromatic rings. The van der Waals surface area contributed by atoms with Crippen molar-refractivity contribution in [3.8, 4) is 24.7 Å². The van der Waals surface area contributed by atoms with Crippen LogP contribution in [-0.4, -0.2) is 296 Å². The number of carbonyl (C=O) groups excluding carboxylic acids is 5. The van der Waals surface area contributed by atoms with Crippen molar-refractivity contribution in [2.24, 2.45) is 5.11 Å². The number of nitrogens with one attached hydrogen (secondary N) is 5. The second kappa shape index (κ2) is 58.8. The minimum Gasteiger partial charge on any atom is -0.394 e. The number of amides is 5. The number of nitrogens with zero attached hydrogens (tertiary/aromatic N) is 9. The number of rotatable bonds is 59. The Bertz CT molecular complexity index is 2470. The molecule has 0 saturated heterocycles. The van der Waals surface area contributed by atoms with Gasteiger partial charge in [-0.15, -0.1) is 23.0 Å². The van der Waals surface area contributed by atoms with Gasteiger partial charge in [-0.1, -0.05) is 41.2 Å². The number of aliphatic hydroxyl groups is 9. The van der Waals surface area contributed by atoms with Gasteiger partial charge >= 0.3 is 0 Å². The van der Waals surface area contributed by atoms with Crippen molar-refractivity contribution < 1.29 is 88.9 Å². The van der Waals surface area contributed by atoms with E-state index in [1.54, 1.807) is 80.6 Å². The summed E-state index contributed by atoms with van der Waals surface area (Å²) < 4.78 is 26.1. The van der Waals surface area contributed by atoms with Gasteiger partial charge in [0.1, 0.15) is 41.2 Å². The van der Waals surface area contributed by atoms with E-state index in [0.29, 0.717) is 66.9 Å². The molecule has 0 atom stereocenters. The zero-order chi connectivity index (χ0) is 74.0. The van der Waals surface area contributed by atoms with Crippen LogP contribution in [0.15, 0.2) is 17.5 Å². The first-order valence-corrected chi connectivity index (χ1v) is 38.3. The van der Waals surface area contributed by atoms with Crippen LogP contribution in [0, 0.1) is 24.7 Å². The normalized spacial score (nSPS) is 11.6. The maximum absolute atomic E-state index is 12.9. The molecular formula is C62H110N14O18S5. The van der Waals surface area contributed by atoms with Crippen molar-refractivity contribution in [2.75, 3.05) is 163 Å². The van der Waals surface area contributed by atoms with Gasteiger partial charge in [-0.3, -0.25) is 33.3 Å². The maximum Gasteiger partial charge on any atom is 0.221 e. The molecule has 0 saturated carbocycles. The summed E-state index contributed by atoms with van der Waals surface area (Å²) in [5, 5.41) is 117. The van der Waals surface area contributed by atoms with Gasteiger partial charge in [0, 0.05) is 85.4 Å². The molecule has 2 heterocycles. The second-order valence-electron chi connectivity index (χ2n) is 23.3. The van der Waals surface area contributed by atoms with Crippen molar-refractivity contribution in [2.45, 2.75) is 146 Å². The Kier molecular flexibility index (Phi) is 56.0. The molecule has 0 fully saturated rings. The number of hydrogen-bond acceptors (Lipinski definition) is 28. The Morgan fingerprint density at radius 3 is 1.07 bits per heavy atom. The van der Waals surface area contributed by atoms with Crippen LogP contribution in [0.25, 0.3) is 10.4 Å². The molecule has 0 radical (unpaired) electrons. The van der Waals surface area contributed by atoms with Gasteiger partial charge < -0.3 is 91.5 Å². The first-order valence-electron chi connectivity index (χ1n) is 32.5. The summed E-state index contributed by atoms with van der Waals surface area (Å²) in [5.74, 6) is 11.2. The predicted molar refractivity (Wildman–Crippen MR) is 386 cm³/mol. The van der Waals surface area contributed by atoms with Crippen molar-refractivity contribution in [1.29, 1.82) is 0 Å². The van der Waals surface area contributed by atoms with E-state index in [9.17, 15) is 54.6 Å². The van der Waals surface area contributed by atoms with Gasteiger partial charge in [-0.25, -0.2) is 0 Å². The summed E-state index contributed by atoms with van der Waals surface area (Å²) in [6.45, 7) is 6.32. The third-order valence-electron chi connectivity index (χ3n) is 13.6. The molecule has 0 aromatic carbocycles. The summed E-state index contributed by atoms with van der Waals surface area (Å²) in [6.07, 6.45) is 19.8. The number of hydrogen-bond donors (Lipinski definition) is 14. The number of azide groups is 1. The number of terminal acetylenes is 2. The van der Waals surface area contributed by atoms with Gasteiger partial charge in [-0.2, -0.15) is 58.8 Å². The lowest BCUT2D eigenvalue weighted by Gasteiger charge is -2.30. The molecule has 566 valence electrons. The first kappa shape index (κ1) is 94.3. The molecule has 14 N–H and O–H groups in total. The fourth-order valence-electron chi connectivity index (χ4n) is 7.93. The van der Waals surface area contributed by atoms with E-state index < -0.39 is 87.2 Å². The van der Waals surface area contributed by atoms with Crippen LogP contribution in [0.1, 0.15) is 103 Å². The molecule has 0 bridgehead atoms. The quantitative estimate of drug-likeness (QED) is 0.0137. The van der Waals surface area contributed by atoms with Crippen LogP contribution < -0.4 is 26.6 Å². The van der Waals surface area contributed by atoms with Crippen LogP contribution in [-0.2, 0) is 69.2 Å². The molecule has 99 heavy (non-hydrogen) atoms. The number of carbonyl (C=O) groups is 5. The number of thioether (sulfide) groups is 5. The fourth-order valence-corrected chi connectivity index (χ4v) is 12.2. The monoisotopic (exact) mass is 1500 g/mol. The molecule has 37 heteroatoms. The molecule has 32 nitrogen and oxygen atoms in total. The van der Waals surface area contributed by atoms with Crippen LogP contribution in [0.4, 0.5) is 0 Å². The molecule has 0 aliphatic heterocycles. The molecule has 5 amide bonds. The number of ether oxygens (including phenoxy) is 4. The maximum atomic E-state index is 12.9. The second-order valence-corrected chi connectivity index (χ2v) is 29.4. The number of aliphatic hydroxyl groups excluding tert-OH is 9. The Morgan fingerprint density at radius 1 is 0.485 bits per heavy atom. The van der Waals surface area contributed by atoms with E-state index in [-0.39, 0.29) is 102 Å². The lowest BCUT2D eigenvalue weighted by Crippen LogP contribution is -2.57. The molecule has 0 aliphatic rings. The van der Waals surface area contributed by atoms with Crippen LogP contribution in [0.3, 0.4) is 0 Å².